The van der Waals surface area contributed by atoms with Crippen LogP contribution in [-0.4, -0.2) is 34.4 Å². The van der Waals surface area contributed by atoms with Crippen LogP contribution in [0, 0.1) is 10.1 Å². The van der Waals surface area contributed by atoms with Crippen LogP contribution >= 0.6 is 11.3 Å². The first-order valence-electron chi connectivity index (χ1n) is 7.78. The molecule has 3 rings (SSSR count). The summed E-state index contributed by atoms with van der Waals surface area (Å²) in [5.41, 5.74) is 8.26. The molecule has 1 amide bonds. The molecule has 0 aliphatic heterocycles. The van der Waals surface area contributed by atoms with Gasteiger partial charge in [0.1, 0.15) is 22.3 Å². The SMILES string of the molecule is COc1cc([N+](=O)[O-])ccc1-c1ccc(/C=N\NC(=O)Cc2nnc(N)s2)o1. The van der Waals surface area contributed by atoms with Gasteiger partial charge in [-0.05, 0) is 18.2 Å². The van der Waals surface area contributed by atoms with Crippen molar-refractivity contribution in [3.63, 3.8) is 0 Å². The molecule has 2 heterocycles. The smallest absolute Gasteiger partial charge is 0.273 e. The summed E-state index contributed by atoms with van der Waals surface area (Å²) in [6.45, 7) is 0. The van der Waals surface area contributed by atoms with Gasteiger partial charge >= 0.3 is 0 Å². The summed E-state index contributed by atoms with van der Waals surface area (Å²) >= 11 is 1.12. The molecule has 2 aromatic heterocycles. The Balaban J connectivity index is 1.66. The van der Waals surface area contributed by atoms with E-state index in [1.165, 1.54) is 31.5 Å². The highest BCUT2D eigenvalue weighted by molar-refractivity contribution is 7.15. The van der Waals surface area contributed by atoms with Gasteiger partial charge in [-0.2, -0.15) is 5.10 Å². The number of aromatic nitrogens is 2. The summed E-state index contributed by atoms with van der Waals surface area (Å²) in [5.74, 6) is 0.729. The predicted molar refractivity (Wildman–Crippen MR) is 101 cm³/mol. The van der Waals surface area contributed by atoms with E-state index >= 15 is 0 Å². The predicted octanol–water partition coefficient (Wildman–Crippen LogP) is 1.99. The molecule has 0 saturated carbocycles. The number of methoxy groups -OCH3 is 1. The summed E-state index contributed by atoms with van der Waals surface area (Å²) in [6, 6.07) is 7.50. The number of hydrogen-bond donors (Lipinski definition) is 2. The molecule has 1 aromatic carbocycles. The van der Waals surface area contributed by atoms with Gasteiger partial charge in [-0.3, -0.25) is 14.9 Å². The fraction of sp³-hybridized carbons (Fsp3) is 0.125. The van der Waals surface area contributed by atoms with Crippen LogP contribution in [0.5, 0.6) is 5.75 Å². The fourth-order valence-electron chi connectivity index (χ4n) is 2.25. The van der Waals surface area contributed by atoms with Gasteiger partial charge in [-0.15, -0.1) is 10.2 Å². The van der Waals surface area contributed by atoms with Crippen LogP contribution in [-0.2, 0) is 11.2 Å². The number of amides is 1. The number of hydrogen-bond acceptors (Lipinski definition) is 10. The number of non-ortho nitro benzene ring substituents is 1. The van der Waals surface area contributed by atoms with E-state index in [9.17, 15) is 14.9 Å². The molecule has 0 saturated heterocycles. The summed E-state index contributed by atoms with van der Waals surface area (Å²) in [6.07, 6.45) is 1.34. The van der Waals surface area contributed by atoms with Crippen LogP contribution in [0.15, 0.2) is 39.9 Å². The zero-order valence-corrected chi connectivity index (χ0v) is 15.3. The Bertz CT molecular complexity index is 1040. The third kappa shape index (κ3) is 4.48. The Morgan fingerprint density at radius 3 is 2.93 bits per heavy atom. The van der Waals surface area contributed by atoms with E-state index < -0.39 is 4.92 Å². The van der Waals surface area contributed by atoms with Gasteiger partial charge in [0, 0.05) is 6.07 Å². The van der Waals surface area contributed by atoms with E-state index in [4.69, 9.17) is 14.9 Å². The molecule has 28 heavy (non-hydrogen) atoms. The number of hydrazone groups is 1. The Morgan fingerprint density at radius 2 is 2.25 bits per heavy atom. The summed E-state index contributed by atoms with van der Waals surface area (Å²) in [5, 5.41) is 22.8. The van der Waals surface area contributed by atoms with Crippen molar-refractivity contribution in [2.45, 2.75) is 6.42 Å². The standard InChI is InChI=1S/C16H14N6O5S/c1-26-13-6-9(22(24)25)2-4-11(13)12-5-3-10(27-12)8-18-19-14(23)7-15-20-21-16(17)28-15/h2-6,8H,7H2,1H3,(H2,17,21)(H,19,23)/b18-8-. The number of nitrogens with one attached hydrogen (secondary N) is 1. The van der Waals surface area contributed by atoms with Crippen molar-refractivity contribution in [1.82, 2.24) is 15.6 Å². The van der Waals surface area contributed by atoms with Gasteiger partial charge in [0.25, 0.3) is 5.69 Å². The normalized spacial score (nSPS) is 10.9. The van der Waals surface area contributed by atoms with Crippen molar-refractivity contribution in [3.8, 4) is 17.1 Å². The Kier molecular flexibility index (Phi) is 5.60. The van der Waals surface area contributed by atoms with E-state index in [0.29, 0.717) is 27.8 Å². The van der Waals surface area contributed by atoms with Crippen molar-refractivity contribution in [2.24, 2.45) is 5.10 Å². The first kappa shape index (κ1) is 19.0. The molecule has 0 atom stereocenters. The molecule has 0 spiro atoms. The number of nitrogens with zero attached hydrogens (tertiary/aromatic N) is 4. The third-order valence-corrected chi connectivity index (χ3v) is 4.22. The van der Waals surface area contributed by atoms with Gasteiger partial charge in [0.15, 0.2) is 0 Å². The van der Waals surface area contributed by atoms with Crippen molar-refractivity contribution >= 4 is 34.3 Å². The fourth-order valence-corrected chi connectivity index (χ4v) is 2.85. The molecular weight excluding hydrogens is 388 g/mol. The first-order valence-corrected chi connectivity index (χ1v) is 8.60. The number of nitrogens with two attached hydrogens (primary N) is 1. The topological polar surface area (TPSA) is 159 Å². The molecule has 0 aliphatic carbocycles. The molecule has 144 valence electrons. The number of nitro groups is 1. The van der Waals surface area contributed by atoms with Crippen LogP contribution in [0.1, 0.15) is 10.8 Å². The maximum atomic E-state index is 11.8. The average molecular weight is 402 g/mol. The van der Waals surface area contributed by atoms with Gasteiger partial charge < -0.3 is 14.9 Å². The number of nitro benzene ring substituents is 1. The molecule has 0 fully saturated rings. The van der Waals surface area contributed by atoms with E-state index in [2.05, 4.69) is 20.7 Å². The molecule has 3 N–H and O–H groups in total. The monoisotopic (exact) mass is 402 g/mol. The van der Waals surface area contributed by atoms with Crippen LogP contribution in [0.2, 0.25) is 0 Å². The Hall–Kier alpha value is -3.80. The minimum atomic E-state index is -0.509. The summed E-state index contributed by atoms with van der Waals surface area (Å²) < 4.78 is 10.8. The van der Waals surface area contributed by atoms with Gasteiger partial charge in [0.2, 0.25) is 11.0 Å². The van der Waals surface area contributed by atoms with Crippen molar-refractivity contribution in [2.75, 3.05) is 12.8 Å². The van der Waals surface area contributed by atoms with Gasteiger partial charge in [-0.25, -0.2) is 5.43 Å². The zero-order chi connectivity index (χ0) is 20.1. The highest BCUT2D eigenvalue weighted by Crippen LogP contribution is 2.33. The molecule has 0 bridgehead atoms. The first-order chi connectivity index (χ1) is 13.5. The molecule has 0 radical (unpaired) electrons. The van der Waals surface area contributed by atoms with Crippen molar-refractivity contribution < 1.29 is 18.9 Å². The molecule has 0 aliphatic rings. The second kappa shape index (κ2) is 8.26. The van der Waals surface area contributed by atoms with E-state index in [-0.39, 0.29) is 23.1 Å². The van der Waals surface area contributed by atoms with E-state index in [0.717, 1.165) is 11.3 Å². The number of rotatable bonds is 7. The number of ether oxygens (including phenoxy) is 1. The second-order valence-electron chi connectivity index (χ2n) is 5.35. The number of carbonyl (C=O) groups is 1. The largest absolute Gasteiger partial charge is 0.496 e. The average Bonchev–Trinajstić information content (AvgIpc) is 3.30. The molecule has 11 nitrogen and oxygen atoms in total. The van der Waals surface area contributed by atoms with Crippen LogP contribution in [0.25, 0.3) is 11.3 Å². The highest BCUT2D eigenvalue weighted by atomic mass is 32.1. The lowest BCUT2D eigenvalue weighted by atomic mass is 10.1. The number of benzene rings is 1. The van der Waals surface area contributed by atoms with E-state index in [1.54, 1.807) is 12.1 Å². The lowest BCUT2D eigenvalue weighted by Gasteiger charge is -2.05. The maximum absolute atomic E-state index is 11.8. The molecular formula is C16H14N6O5S. The lowest BCUT2D eigenvalue weighted by molar-refractivity contribution is -0.384. The minimum absolute atomic E-state index is 0.00953. The number of nitrogen functional groups attached to an aromatic ring is 1. The highest BCUT2D eigenvalue weighted by Gasteiger charge is 2.15. The van der Waals surface area contributed by atoms with E-state index in [1.807, 2.05) is 0 Å². The molecule has 12 heteroatoms. The number of carbonyl (C=O) groups excluding carboxylic acids is 1. The quantitative estimate of drug-likeness (QED) is 0.345. The van der Waals surface area contributed by atoms with Crippen molar-refractivity contribution in [1.29, 1.82) is 0 Å². The minimum Gasteiger partial charge on any atom is -0.496 e. The third-order valence-electron chi connectivity index (χ3n) is 3.46. The Morgan fingerprint density at radius 1 is 1.43 bits per heavy atom. The van der Waals surface area contributed by atoms with Crippen LogP contribution < -0.4 is 15.9 Å². The number of furan rings is 1. The van der Waals surface area contributed by atoms with Crippen molar-refractivity contribution in [3.05, 3.63) is 51.2 Å². The van der Waals surface area contributed by atoms with Crippen LogP contribution in [0.3, 0.4) is 0 Å². The zero-order valence-electron chi connectivity index (χ0n) is 14.5. The van der Waals surface area contributed by atoms with Crippen LogP contribution in [0.4, 0.5) is 10.8 Å². The molecule has 3 aromatic rings. The number of anilines is 1. The van der Waals surface area contributed by atoms with Gasteiger partial charge in [-0.1, -0.05) is 11.3 Å². The summed E-state index contributed by atoms with van der Waals surface area (Å²) in [4.78, 5) is 22.1. The second-order valence-corrected chi connectivity index (χ2v) is 6.44. The van der Waals surface area contributed by atoms with Gasteiger partial charge in [0.05, 0.1) is 36.3 Å². The summed E-state index contributed by atoms with van der Waals surface area (Å²) in [7, 11) is 1.41. The lowest BCUT2D eigenvalue weighted by Crippen LogP contribution is -2.19. The Labute approximate surface area is 162 Å². The maximum Gasteiger partial charge on any atom is 0.273 e. The molecule has 0 unspecified atom stereocenters.